The first-order valence-electron chi connectivity index (χ1n) is 9.64. The molecule has 0 unspecified atom stereocenters. The minimum absolute atomic E-state index is 0.0821. The van der Waals surface area contributed by atoms with Crippen LogP contribution in [0.2, 0.25) is 0 Å². The topological polar surface area (TPSA) is 67.0 Å². The number of para-hydroxylation sites is 2. The highest BCUT2D eigenvalue weighted by molar-refractivity contribution is 6.34. The largest absolute Gasteiger partial charge is 0.496 e. The Hall–Kier alpha value is -4.12. The average Bonchev–Trinajstić information content (AvgIpc) is 3.32. The first-order chi connectivity index (χ1) is 14.7. The Morgan fingerprint density at radius 1 is 0.967 bits per heavy atom. The second-order valence-electron chi connectivity index (χ2n) is 7.05. The number of amides is 1. The lowest BCUT2D eigenvalue weighted by Gasteiger charge is -2.02. The van der Waals surface area contributed by atoms with Crippen molar-refractivity contribution >= 4 is 46.3 Å². The van der Waals surface area contributed by atoms with Gasteiger partial charge in [-0.3, -0.25) is 9.89 Å². The molecule has 0 atom stereocenters. The lowest BCUT2D eigenvalue weighted by atomic mass is 10.0. The third-order valence-electron chi connectivity index (χ3n) is 5.20. The predicted molar refractivity (Wildman–Crippen MR) is 121 cm³/mol. The number of carbonyl (C=O) groups excluding carboxylic acids is 1. The Bertz CT molecular complexity index is 1330. The maximum Gasteiger partial charge on any atom is 0.256 e. The second-order valence-corrected chi connectivity index (χ2v) is 7.05. The van der Waals surface area contributed by atoms with E-state index in [1.165, 1.54) is 0 Å². The van der Waals surface area contributed by atoms with Crippen LogP contribution in [-0.4, -0.2) is 23.2 Å². The fourth-order valence-electron chi connectivity index (χ4n) is 3.70. The van der Waals surface area contributed by atoms with E-state index in [-0.39, 0.29) is 5.91 Å². The molecule has 0 radical (unpaired) electrons. The number of ether oxygens (including phenoxy) is 1. The van der Waals surface area contributed by atoms with Gasteiger partial charge in [0.1, 0.15) is 5.75 Å². The smallest absolute Gasteiger partial charge is 0.256 e. The number of H-pyrrole nitrogens is 1. The minimum Gasteiger partial charge on any atom is -0.496 e. The Kier molecular flexibility index (Phi) is 4.41. The maximum absolute atomic E-state index is 12.4. The number of anilines is 1. The number of rotatable bonds is 4. The molecule has 0 saturated carbocycles. The Morgan fingerprint density at radius 3 is 2.70 bits per heavy atom. The van der Waals surface area contributed by atoms with Crippen molar-refractivity contribution < 1.29 is 9.53 Å². The number of nitrogens with zero attached hydrogens (tertiary/aromatic N) is 1. The first-order valence-corrected chi connectivity index (χ1v) is 9.64. The molecule has 1 aliphatic heterocycles. The van der Waals surface area contributed by atoms with Gasteiger partial charge < -0.3 is 10.1 Å². The van der Waals surface area contributed by atoms with Crippen LogP contribution >= 0.6 is 0 Å². The summed E-state index contributed by atoms with van der Waals surface area (Å²) in [6.07, 6.45) is 5.87. The number of fused-ring (bicyclic) bond motifs is 2. The molecule has 1 amide bonds. The zero-order valence-corrected chi connectivity index (χ0v) is 16.3. The summed E-state index contributed by atoms with van der Waals surface area (Å²) in [5.74, 6) is 0.735. The highest BCUT2D eigenvalue weighted by atomic mass is 16.5. The fourth-order valence-corrected chi connectivity index (χ4v) is 3.70. The first kappa shape index (κ1) is 17.9. The van der Waals surface area contributed by atoms with E-state index >= 15 is 0 Å². The number of hydrogen-bond acceptors (Lipinski definition) is 3. The number of aromatic amines is 1. The number of carbonyl (C=O) groups is 1. The zero-order valence-electron chi connectivity index (χ0n) is 16.3. The van der Waals surface area contributed by atoms with Crippen molar-refractivity contribution in [1.82, 2.24) is 10.2 Å². The third kappa shape index (κ3) is 3.16. The van der Waals surface area contributed by atoms with E-state index in [4.69, 9.17) is 4.74 Å². The Balaban J connectivity index is 1.48. The van der Waals surface area contributed by atoms with Gasteiger partial charge in [-0.15, -0.1) is 0 Å². The highest BCUT2D eigenvalue weighted by Crippen LogP contribution is 2.33. The standard InChI is InChI=1S/C25H19N3O2/c1-30-24-9-5-2-6-17(24)11-13-22-19-12-10-16(15-23(19)28-27-22)14-20-18-7-3-4-8-21(18)26-25(20)29/h2-15H,1H3,(H,26,29)(H,27,28)/b13-11+,20-14+. The van der Waals surface area contributed by atoms with Crippen LogP contribution in [0, 0.1) is 0 Å². The monoisotopic (exact) mass is 393 g/mol. The van der Waals surface area contributed by atoms with Crippen LogP contribution in [0.1, 0.15) is 22.4 Å². The summed E-state index contributed by atoms with van der Waals surface area (Å²) in [6, 6.07) is 21.6. The Labute approximate surface area is 173 Å². The molecule has 5 nitrogen and oxygen atoms in total. The molecule has 3 aromatic carbocycles. The molecule has 30 heavy (non-hydrogen) atoms. The molecule has 0 spiro atoms. The van der Waals surface area contributed by atoms with Crippen molar-refractivity contribution in [2.24, 2.45) is 0 Å². The summed E-state index contributed by atoms with van der Waals surface area (Å²) in [4.78, 5) is 12.4. The molecule has 2 N–H and O–H groups in total. The van der Waals surface area contributed by atoms with Gasteiger partial charge in [-0.1, -0.05) is 42.5 Å². The van der Waals surface area contributed by atoms with Crippen molar-refractivity contribution in [1.29, 1.82) is 0 Å². The number of benzene rings is 3. The van der Waals surface area contributed by atoms with Crippen molar-refractivity contribution in [2.75, 3.05) is 12.4 Å². The summed E-state index contributed by atoms with van der Waals surface area (Å²) in [6.45, 7) is 0. The molecule has 1 aliphatic rings. The van der Waals surface area contributed by atoms with Gasteiger partial charge in [0.15, 0.2) is 0 Å². The van der Waals surface area contributed by atoms with E-state index in [9.17, 15) is 4.79 Å². The van der Waals surface area contributed by atoms with E-state index in [0.717, 1.165) is 44.7 Å². The third-order valence-corrected chi connectivity index (χ3v) is 5.20. The molecule has 146 valence electrons. The lowest BCUT2D eigenvalue weighted by Crippen LogP contribution is -2.03. The summed E-state index contributed by atoms with van der Waals surface area (Å²) in [7, 11) is 1.66. The van der Waals surface area contributed by atoms with Crippen molar-refractivity contribution in [3.05, 3.63) is 89.1 Å². The van der Waals surface area contributed by atoms with Crippen LogP contribution in [0.4, 0.5) is 5.69 Å². The van der Waals surface area contributed by atoms with Crippen LogP contribution in [0.15, 0.2) is 66.7 Å². The number of hydrogen-bond donors (Lipinski definition) is 2. The zero-order chi connectivity index (χ0) is 20.5. The molecular formula is C25H19N3O2. The number of nitrogens with one attached hydrogen (secondary N) is 2. The van der Waals surface area contributed by atoms with E-state index in [0.29, 0.717) is 5.57 Å². The van der Waals surface area contributed by atoms with Crippen LogP contribution in [-0.2, 0) is 4.79 Å². The van der Waals surface area contributed by atoms with E-state index in [1.54, 1.807) is 7.11 Å². The molecule has 0 saturated heterocycles. The Morgan fingerprint density at radius 2 is 1.80 bits per heavy atom. The summed E-state index contributed by atoms with van der Waals surface area (Å²) >= 11 is 0. The number of aromatic nitrogens is 2. The minimum atomic E-state index is -0.0821. The van der Waals surface area contributed by atoms with Gasteiger partial charge >= 0.3 is 0 Å². The van der Waals surface area contributed by atoms with Crippen LogP contribution in [0.5, 0.6) is 5.75 Å². The van der Waals surface area contributed by atoms with Crippen LogP contribution in [0.3, 0.4) is 0 Å². The maximum atomic E-state index is 12.4. The summed E-state index contributed by atoms with van der Waals surface area (Å²) in [5, 5.41) is 11.4. The predicted octanol–water partition coefficient (Wildman–Crippen LogP) is 5.23. The average molecular weight is 393 g/mol. The molecule has 1 aromatic heterocycles. The van der Waals surface area contributed by atoms with Gasteiger partial charge in [-0.05, 0) is 48.1 Å². The van der Waals surface area contributed by atoms with Gasteiger partial charge in [0.05, 0.1) is 18.3 Å². The van der Waals surface area contributed by atoms with Crippen molar-refractivity contribution in [2.45, 2.75) is 0 Å². The quantitative estimate of drug-likeness (QED) is 0.466. The van der Waals surface area contributed by atoms with Crippen LogP contribution < -0.4 is 10.1 Å². The summed E-state index contributed by atoms with van der Waals surface area (Å²) in [5.41, 5.74) is 6.12. The molecule has 5 heteroatoms. The second kappa shape index (κ2) is 7.37. The molecule has 0 fully saturated rings. The van der Waals surface area contributed by atoms with Gasteiger partial charge in [0, 0.05) is 27.8 Å². The van der Waals surface area contributed by atoms with Gasteiger partial charge in [-0.2, -0.15) is 5.10 Å². The van der Waals surface area contributed by atoms with Crippen LogP contribution in [0.25, 0.3) is 34.7 Å². The summed E-state index contributed by atoms with van der Waals surface area (Å²) < 4.78 is 5.40. The SMILES string of the molecule is COc1ccccc1/C=C/c1n[nH]c2cc(/C=C3/C(=O)Nc4ccccc43)ccc12. The fraction of sp³-hybridized carbons (Fsp3) is 0.0400. The van der Waals surface area contributed by atoms with E-state index in [2.05, 4.69) is 15.5 Å². The van der Waals surface area contributed by atoms with Gasteiger partial charge in [0.2, 0.25) is 0 Å². The highest BCUT2D eigenvalue weighted by Gasteiger charge is 2.23. The molecule has 0 aliphatic carbocycles. The van der Waals surface area contributed by atoms with Crippen molar-refractivity contribution in [3.63, 3.8) is 0 Å². The van der Waals surface area contributed by atoms with E-state index in [1.807, 2.05) is 85.0 Å². The van der Waals surface area contributed by atoms with Crippen molar-refractivity contribution in [3.8, 4) is 5.75 Å². The normalized spacial score (nSPS) is 14.4. The van der Waals surface area contributed by atoms with Gasteiger partial charge in [-0.25, -0.2) is 0 Å². The number of methoxy groups -OCH3 is 1. The molecule has 0 bridgehead atoms. The van der Waals surface area contributed by atoms with E-state index < -0.39 is 0 Å². The molecule has 2 heterocycles. The lowest BCUT2D eigenvalue weighted by molar-refractivity contribution is -0.110. The van der Waals surface area contributed by atoms with Gasteiger partial charge in [0.25, 0.3) is 5.91 Å². The molecular weight excluding hydrogens is 374 g/mol. The molecule has 4 aromatic rings. The molecule has 5 rings (SSSR count).